The summed E-state index contributed by atoms with van der Waals surface area (Å²) >= 11 is 0. The van der Waals surface area contributed by atoms with Crippen LogP contribution in [0.3, 0.4) is 0 Å². The Hall–Kier alpha value is -0.280. The van der Waals surface area contributed by atoms with Gasteiger partial charge >= 0.3 is 0 Å². The van der Waals surface area contributed by atoms with Crippen molar-refractivity contribution < 1.29 is 4.79 Å². The zero-order valence-corrected chi connectivity index (χ0v) is 13.0. The van der Waals surface area contributed by atoms with Crippen LogP contribution in [0.25, 0.3) is 0 Å². The molecule has 1 spiro atoms. The highest BCUT2D eigenvalue weighted by Gasteiger charge is 2.58. The van der Waals surface area contributed by atoms with E-state index in [2.05, 4.69) is 24.1 Å². The van der Waals surface area contributed by atoms with Crippen LogP contribution < -0.4 is 5.32 Å². The maximum atomic E-state index is 12.6. The van der Waals surface area contributed by atoms with E-state index in [1.165, 1.54) is 19.3 Å². The fourth-order valence-corrected chi connectivity index (χ4v) is 3.93. The number of nitrogens with zero attached hydrogens (tertiary/aromatic N) is 1. The van der Waals surface area contributed by atoms with Gasteiger partial charge < -0.3 is 10.2 Å². The van der Waals surface area contributed by atoms with Gasteiger partial charge in [-0.1, -0.05) is 13.8 Å². The summed E-state index contributed by atoms with van der Waals surface area (Å²) in [5, 5.41) is 3.41. The van der Waals surface area contributed by atoms with Crippen molar-refractivity contribution in [1.82, 2.24) is 10.2 Å². The lowest BCUT2D eigenvalue weighted by molar-refractivity contribution is -0.132. The molecular weight excluding hydrogens is 260 g/mol. The van der Waals surface area contributed by atoms with Crippen molar-refractivity contribution in [3.05, 3.63) is 0 Å². The van der Waals surface area contributed by atoms with E-state index in [-0.39, 0.29) is 12.4 Å². The Morgan fingerprint density at radius 2 is 2.00 bits per heavy atom. The second kappa shape index (κ2) is 5.61. The van der Waals surface area contributed by atoms with Gasteiger partial charge in [0, 0.05) is 19.0 Å². The monoisotopic (exact) mass is 286 g/mol. The fourth-order valence-electron chi connectivity index (χ4n) is 3.93. The highest BCUT2D eigenvalue weighted by molar-refractivity contribution is 5.85. The zero-order valence-electron chi connectivity index (χ0n) is 12.2. The van der Waals surface area contributed by atoms with E-state index < -0.39 is 0 Å². The number of carbonyl (C=O) groups is 1. The number of hydrogen-bond acceptors (Lipinski definition) is 2. The van der Waals surface area contributed by atoms with Gasteiger partial charge in [-0.3, -0.25) is 4.79 Å². The van der Waals surface area contributed by atoms with E-state index in [4.69, 9.17) is 0 Å². The summed E-state index contributed by atoms with van der Waals surface area (Å²) in [4.78, 5) is 14.7. The molecule has 4 heteroatoms. The second-order valence-corrected chi connectivity index (χ2v) is 6.95. The first kappa shape index (κ1) is 15.1. The van der Waals surface area contributed by atoms with Gasteiger partial charge in [0.15, 0.2) is 0 Å². The molecule has 3 rings (SSSR count). The van der Waals surface area contributed by atoms with Crippen LogP contribution in [0.1, 0.15) is 39.5 Å². The number of piperidine rings is 1. The van der Waals surface area contributed by atoms with E-state index in [0.717, 1.165) is 44.4 Å². The van der Waals surface area contributed by atoms with Crippen molar-refractivity contribution in [2.45, 2.75) is 39.5 Å². The van der Waals surface area contributed by atoms with Crippen molar-refractivity contribution in [2.24, 2.45) is 23.2 Å². The molecular formula is C15H27ClN2O. The second-order valence-electron chi connectivity index (χ2n) is 6.95. The van der Waals surface area contributed by atoms with Crippen LogP contribution in [0.5, 0.6) is 0 Å². The minimum absolute atomic E-state index is 0. The first-order valence-corrected chi connectivity index (χ1v) is 7.62. The van der Waals surface area contributed by atoms with Crippen molar-refractivity contribution in [3.8, 4) is 0 Å². The minimum Gasteiger partial charge on any atom is -0.342 e. The molecule has 19 heavy (non-hydrogen) atoms. The van der Waals surface area contributed by atoms with Crippen LogP contribution in [0.15, 0.2) is 0 Å². The number of carbonyl (C=O) groups excluding carboxylic acids is 1. The summed E-state index contributed by atoms with van der Waals surface area (Å²) in [7, 11) is 0. The summed E-state index contributed by atoms with van der Waals surface area (Å²) in [6, 6.07) is 0. The summed E-state index contributed by atoms with van der Waals surface area (Å²) in [6.45, 7) is 8.80. The van der Waals surface area contributed by atoms with Gasteiger partial charge in [-0.15, -0.1) is 12.4 Å². The Morgan fingerprint density at radius 3 is 2.58 bits per heavy atom. The van der Waals surface area contributed by atoms with Crippen LogP contribution in [0.2, 0.25) is 0 Å². The number of likely N-dealkylation sites (tertiary alicyclic amines) is 1. The normalized spacial score (nSPS) is 32.5. The molecule has 3 nitrogen and oxygen atoms in total. The van der Waals surface area contributed by atoms with E-state index in [1.54, 1.807) is 0 Å². The summed E-state index contributed by atoms with van der Waals surface area (Å²) in [5.74, 6) is 2.29. The Labute approximate surface area is 122 Å². The molecule has 3 fully saturated rings. The SMILES string of the molecule is CC(C)C1CCN(C(=O)C2CC23CCNCC3)C1.Cl. The number of rotatable bonds is 2. The Bertz CT molecular complexity index is 339. The lowest BCUT2D eigenvalue weighted by Crippen LogP contribution is -2.35. The third-order valence-corrected chi connectivity index (χ3v) is 5.57. The summed E-state index contributed by atoms with van der Waals surface area (Å²) in [5.41, 5.74) is 0.401. The topological polar surface area (TPSA) is 32.3 Å². The molecule has 0 aromatic heterocycles. The van der Waals surface area contributed by atoms with Gasteiger partial charge in [0.1, 0.15) is 0 Å². The van der Waals surface area contributed by atoms with Crippen LogP contribution >= 0.6 is 12.4 Å². The van der Waals surface area contributed by atoms with Gasteiger partial charge in [-0.05, 0) is 56.0 Å². The molecule has 1 amide bonds. The van der Waals surface area contributed by atoms with Gasteiger partial charge in [0.05, 0.1) is 0 Å². The number of nitrogens with one attached hydrogen (secondary N) is 1. The fraction of sp³-hybridized carbons (Fsp3) is 0.933. The van der Waals surface area contributed by atoms with E-state index >= 15 is 0 Å². The first-order valence-electron chi connectivity index (χ1n) is 7.62. The molecule has 1 saturated carbocycles. The number of halogens is 1. The molecule has 110 valence electrons. The van der Waals surface area contributed by atoms with E-state index in [0.29, 0.717) is 17.2 Å². The van der Waals surface area contributed by atoms with Gasteiger partial charge in [-0.2, -0.15) is 0 Å². The average Bonchev–Trinajstić information content (AvgIpc) is 2.85. The standard InChI is InChI=1S/C15H26N2O.ClH/c1-11(2)12-3-8-17(10-12)14(18)13-9-15(13)4-6-16-7-5-15;/h11-13,16H,3-10H2,1-2H3;1H. The highest BCUT2D eigenvalue weighted by Crippen LogP contribution is 2.59. The Kier molecular flexibility index (Phi) is 4.46. The molecule has 2 unspecified atom stereocenters. The molecule has 2 heterocycles. The zero-order chi connectivity index (χ0) is 12.8. The Morgan fingerprint density at radius 1 is 1.32 bits per heavy atom. The molecule has 2 aliphatic heterocycles. The molecule has 1 N–H and O–H groups in total. The smallest absolute Gasteiger partial charge is 0.226 e. The molecule has 2 atom stereocenters. The number of hydrogen-bond donors (Lipinski definition) is 1. The number of amides is 1. The molecule has 0 bridgehead atoms. The predicted octanol–water partition coefficient (Wildman–Crippen LogP) is 2.30. The van der Waals surface area contributed by atoms with Crippen LogP contribution in [-0.2, 0) is 4.79 Å². The maximum absolute atomic E-state index is 12.6. The van der Waals surface area contributed by atoms with E-state index in [9.17, 15) is 4.79 Å². The largest absolute Gasteiger partial charge is 0.342 e. The Balaban J connectivity index is 0.00000133. The van der Waals surface area contributed by atoms with Gasteiger partial charge in [0.25, 0.3) is 0 Å². The van der Waals surface area contributed by atoms with Crippen LogP contribution in [0, 0.1) is 23.2 Å². The summed E-state index contributed by atoms with van der Waals surface area (Å²) < 4.78 is 0. The first-order chi connectivity index (χ1) is 8.62. The third-order valence-electron chi connectivity index (χ3n) is 5.57. The molecule has 0 radical (unpaired) electrons. The predicted molar refractivity (Wildman–Crippen MR) is 79.4 cm³/mol. The van der Waals surface area contributed by atoms with Crippen molar-refractivity contribution in [1.29, 1.82) is 0 Å². The lowest BCUT2D eigenvalue weighted by Gasteiger charge is -2.25. The quantitative estimate of drug-likeness (QED) is 0.845. The van der Waals surface area contributed by atoms with Crippen molar-refractivity contribution >= 4 is 18.3 Å². The lowest BCUT2D eigenvalue weighted by atomic mass is 9.91. The average molecular weight is 287 g/mol. The van der Waals surface area contributed by atoms with Gasteiger partial charge in [0.2, 0.25) is 5.91 Å². The highest BCUT2D eigenvalue weighted by atomic mass is 35.5. The molecule has 0 aromatic rings. The molecule has 2 saturated heterocycles. The van der Waals surface area contributed by atoms with Crippen LogP contribution in [0.4, 0.5) is 0 Å². The minimum atomic E-state index is 0. The van der Waals surface area contributed by atoms with Crippen LogP contribution in [-0.4, -0.2) is 37.0 Å². The third kappa shape index (κ3) is 2.78. The summed E-state index contributed by atoms with van der Waals surface area (Å²) in [6.07, 6.45) is 4.80. The van der Waals surface area contributed by atoms with Crippen molar-refractivity contribution in [2.75, 3.05) is 26.2 Å². The van der Waals surface area contributed by atoms with Crippen molar-refractivity contribution in [3.63, 3.8) is 0 Å². The van der Waals surface area contributed by atoms with Gasteiger partial charge in [-0.25, -0.2) is 0 Å². The molecule has 0 aromatic carbocycles. The molecule has 1 aliphatic carbocycles. The van der Waals surface area contributed by atoms with E-state index in [1.807, 2.05) is 0 Å². The maximum Gasteiger partial charge on any atom is 0.226 e. The molecule has 3 aliphatic rings.